The van der Waals surface area contributed by atoms with Crippen molar-refractivity contribution in [2.75, 3.05) is 58.6 Å². The van der Waals surface area contributed by atoms with Gasteiger partial charge in [0.05, 0.1) is 49.5 Å². The molecule has 0 spiro atoms. The number of carbonyl (C=O) groups excluding carboxylic acids is 11. The maximum Gasteiger partial charge on any atom is 0.340 e. The fraction of sp³-hybridized carbons (Fsp3) is 0.717. The van der Waals surface area contributed by atoms with E-state index in [-0.39, 0.29) is 103 Å². The summed E-state index contributed by atoms with van der Waals surface area (Å²) >= 11 is 0. The van der Waals surface area contributed by atoms with E-state index >= 15 is 0 Å². The summed E-state index contributed by atoms with van der Waals surface area (Å²) in [5, 5.41) is 42.7. The van der Waals surface area contributed by atoms with Gasteiger partial charge in [0.25, 0.3) is 0 Å². The van der Waals surface area contributed by atoms with Crippen LogP contribution in [0.25, 0.3) is 0 Å². The van der Waals surface area contributed by atoms with Gasteiger partial charge < -0.3 is 90.5 Å². The zero-order chi connectivity index (χ0) is 67.5. The Labute approximate surface area is 528 Å². The molecule has 90 heavy (non-hydrogen) atoms. The average molecular weight is 1290 g/mol. The fourth-order valence-corrected chi connectivity index (χ4v) is 11.4. The number of hydrogen-bond acceptors (Lipinski definition) is 21. The van der Waals surface area contributed by atoms with Crippen LogP contribution in [-0.2, 0) is 72.8 Å². The SMILES string of the molecule is CCCCOP(=O)(CC(=O)N[C@@H](CCN)C(=O)C[C@H](C(=O)N[C@@H](CCN)C(=O)C[C@H]1CCNC(=O)[C@H](C(C)O)NC(=O)[C@H](CCN)CC(=O)[C@H](CCN)NC(=O)[C@H](CC(C)C)NC(=O)[C@@H](Cc2ccccc2)NC(=O)[C@H](CCN)NC1=O)C(C)O)OCCCC. The highest BCUT2D eigenvalue weighted by molar-refractivity contribution is 7.54. The number of nitrogens with one attached hydrogen (secondary N) is 8. The number of aliphatic hydroxyl groups excluding tert-OH is 2. The monoisotopic (exact) mass is 1290 g/mol. The Hall–Kier alpha value is -6.14. The quantitative estimate of drug-likeness (QED) is 0.0265. The van der Waals surface area contributed by atoms with Gasteiger partial charge in [0, 0.05) is 44.1 Å². The second-order valence-electron chi connectivity index (χ2n) is 23.3. The Morgan fingerprint density at radius 3 is 1.70 bits per heavy atom. The van der Waals surface area contributed by atoms with Gasteiger partial charge in [-0.05, 0) is 116 Å². The molecule has 0 bridgehead atoms. The number of Topliss-reactive ketones (excluding diaryl/α,β-unsaturated/α-hetero) is 3. The van der Waals surface area contributed by atoms with Crippen molar-refractivity contribution in [1.82, 2.24) is 42.5 Å². The molecule has 0 radical (unpaired) electrons. The largest absolute Gasteiger partial charge is 0.393 e. The van der Waals surface area contributed by atoms with Crippen LogP contribution in [0, 0.1) is 23.7 Å². The van der Waals surface area contributed by atoms with Gasteiger partial charge in [0.15, 0.2) is 17.3 Å². The molecule has 8 amide bonds. The summed E-state index contributed by atoms with van der Waals surface area (Å²) in [7, 11) is -3.96. The summed E-state index contributed by atoms with van der Waals surface area (Å²) in [4.78, 5) is 156. The summed E-state index contributed by atoms with van der Waals surface area (Å²) in [5.41, 5.74) is 30.2. The topological polar surface area (TPSA) is 490 Å². The van der Waals surface area contributed by atoms with Crippen LogP contribution in [0.1, 0.15) is 137 Å². The van der Waals surface area contributed by atoms with E-state index in [1.807, 2.05) is 13.8 Å². The molecule has 1 aromatic carbocycles. The first kappa shape index (κ1) is 80.0. The number of carbonyl (C=O) groups is 11. The lowest BCUT2D eigenvalue weighted by Gasteiger charge is -2.28. The van der Waals surface area contributed by atoms with Crippen LogP contribution in [-0.4, -0.2) is 188 Å². The third-order valence-electron chi connectivity index (χ3n) is 15.1. The molecule has 2 rings (SSSR count). The first-order valence-electron chi connectivity index (χ1n) is 31.5. The number of amides is 8. The number of unbranched alkanes of at least 4 members (excludes halogenated alkanes) is 2. The Morgan fingerprint density at radius 1 is 0.633 bits per heavy atom. The highest BCUT2D eigenvalue weighted by Crippen LogP contribution is 2.48. The van der Waals surface area contributed by atoms with Crippen LogP contribution < -0.4 is 71.2 Å². The maximum atomic E-state index is 14.7. The Bertz CT molecular complexity index is 2500. The highest BCUT2D eigenvalue weighted by Gasteiger charge is 2.39. The van der Waals surface area contributed by atoms with Gasteiger partial charge >= 0.3 is 7.60 Å². The van der Waals surface area contributed by atoms with Crippen molar-refractivity contribution in [1.29, 1.82) is 0 Å². The van der Waals surface area contributed by atoms with Crippen molar-refractivity contribution in [3.05, 3.63) is 35.9 Å². The van der Waals surface area contributed by atoms with E-state index in [9.17, 15) is 67.5 Å². The Balaban J connectivity index is 2.68. The van der Waals surface area contributed by atoms with Gasteiger partial charge in [-0.3, -0.25) is 57.3 Å². The number of hydrogen-bond donors (Lipinski definition) is 15. The van der Waals surface area contributed by atoms with E-state index in [1.54, 1.807) is 44.2 Å². The van der Waals surface area contributed by atoms with Crippen LogP contribution in [0.2, 0.25) is 0 Å². The molecule has 30 heteroatoms. The normalized spacial score (nSPS) is 22.3. The minimum Gasteiger partial charge on any atom is -0.393 e. The van der Waals surface area contributed by atoms with Crippen molar-refractivity contribution in [2.45, 2.75) is 192 Å². The van der Waals surface area contributed by atoms with E-state index in [1.165, 1.54) is 13.8 Å². The third kappa shape index (κ3) is 29.0. The van der Waals surface area contributed by atoms with Gasteiger partial charge in [-0.15, -0.1) is 0 Å². The van der Waals surface area contributed by atoms with E-state index in [4.69, 9.17) is 37.7 Å². The standard InChI is InChI=1S/C60H104N13O16P/c1-7-9-28-88-90(87,89-29-10-8-2)35-52(79)67-43(17-23-62)51(78)34-42(37(5)74)56(82)68-44(18-24-63)50(77)33-41-21-27-66-60(86)53(38(6)75)73-55(81)40(16-22-61)32-49(76)45(19-25-64)69-58(84)47(30-36(3)4)71-59(85)48(31-39-14-12-11-13-15-39)72-57(83)46(20-26-65)70-54(41)80/h11-15,36-38,40-48,53,74-75H,7-10,16-35,61-65H2,1-6H3,(H,66,86)(H,67,79)(H,68,82)(H,69,84)(H,70,80)(H,71,85)(H,72,83)(H,73,81)/t37?,38?,40-,41-,42+,43+,44+,45+,46+,47+,48-,53+/m1/s1. The van der Waals surface area contributed by atoms with Gasteiger partial charge in [-0.2, -0.15) is 0 Å². The first-order valence-corrected chi connectivity index (χ1v) is 33.2. The summed E-state index contributed by atoms with van der Waals surface area (Å²) in [6.07, 6.45) is -4.23. The summed E-state index contributed by atoms with van der Waals surface area (Å²) < 4.78 is 24.7. The molecule has 0 aromatic heterocycles. The molecule has 1 heterocycles. The highest BCUT2D eigenvalue weighted by atomic mass is 31.2. The molecular weight excluding hydrogens is 1190 g/mol. The van der Waals surface area contributed by atoms with Gasteiger partial charge in [-0.1, -0.05) is 70.9 Å². The molecule has 1 saturated heterocycles. The molecule has 1 aliphatic heterocycles. The van der Waals surface area contributed by atoms with Crippen LogP contribution in [0.4, 0.5) is 0 Å². The summed E-state index contributed by atoms with van der Waals surface area (Å²) in [5.74, 6) is -13.5. The molecule has 0 saturated carbocycles. The molecule has 20 N–H and O–H groups in total. The van der Waals surface area contributed by atoms with Crippen LogP contribution in [0.3, 0.4) is 0 Å². The van der Waals surface area contributed by atoms with Gasteiger partial charge in [-0.25, -0.2) is 0 Å². The zero-order valence-corrected chi connectivity index (χ0v) is 54.2. The predicted molar refractivity (Wildman–Crippen MR) is 336 cm³/mol. The molecule has 1 aliphatic rings. The number of ketones is 3. The molecule has 0 aliphatic carbocycles. The predicted octanol–water partition coefficient (Wildman–Crippen LogP) is -1.75. The lowest BCUT2D eigenvalue weighted by atomic mass is 9.90. The van der Waals surface area contributed by atoms with E-state index in [0.29, 0.717) is 31.2 Å². The van der Waals surface area contributed by atoms with Gasteiger partial charge in [0.2, 0.25) is 47.3 Å². The molecule has 1 fully saturated rings. The lowest BCUT2D eigenvalue weighted by molar-refractivity contribution is -0.137. The van der Waals surface area contributed by atoms with Crippen LogP contribution in [0.5, 0.6) is 0 Å². The second-order valence-corrected chi connectivity index (χ2v) is 25.4. The van der Waals surface area contributed by atoms with E-state index in [2.05, 4.69) is 42.5 Å². The zero-order valence-electron chi connectivity index (χ0n) is 53.3. The number of aliphatic hydroxyl groups is 2. The van der Waals surface area contributed by atoms with Crippen LogP contribution >= 0.6 is 7.60 Å². The Kier molecular flexibility index (Phi) is 38.0. The molecule has 510 valence electrons. The van der Waals surface area contributed by atoms with E-state index < -0.39 is 176 Å². The lowest BCUT2D eigenvalue weighted by Crippen LogP contribution is -2.59. The van der Waals surface area contributed by atoms with Crippen molar-refractivity contribution < 1.29 is 76.6 Å². The van der Waals surface area contributed by atoms with E-state index in [0.717, 1.165) is 0 Å². The molecular formula is C60H104N13O16P. The number of nitrogens with two attached hydrogens (primary N) is 5. The van der Waals surface area contributed by atoms with Crippen molar-refractivity contribution in [3.8, 4) is 0 Å². The van der Waals surface area contributed by atoms with Crippen LogP contribution in [0.15, 0.2) is 30.3 Å². The first-order chi connectivity index (χ1) is 42.7. The average Bonchev–Trinajstić information content (AvgIpc) is 2.32. The minimum absolute atomic E-state index is 0.0615. The van der Waals surface area contributed by atoms with Crippen molar-refractivity contribution >= 4 is 72.2 Å². The van der Waals surface area contributed by atoms with Gasteiger partial charge in [0.1, 0.15) is 30.3 Å². The van der Waals surface area contributed by atoms with Crippen molar-refractivity contribution in [3.63, 3.8) is 0 Å². The Morgan fingerprint density at radius 2 is 1.16 bits per heavy atom. The van der Waals surface area contributed by atoms with Crippen molar-refractivity contribution in [2.24, 2.45) is 52.3 Å². The number of rotatable bonds is 35. The molecule has 29 nitrogen and oxygen atoms in total. The molecule has 12 atom stereocenters. The smallest absolute Gasteiger partial charge is 0.340 e. The fourth-order valence-electron chi connectivity index (χ4n) is 9.88. The minimum atomic E-state index is -3.96. The summed E-state index contributed by atoms with van der Waals surface area (Å²) in [6, 6.07) is -1.24. The maximum absolute atomic E-state index is 14.7. The third-order valence-corrected chi connectivity index (χ3v) is 16.9. The summed E-state index contributed by atoms with van der Waals surface area (Å²) in [6.45, 7) is 8.90. The molecule has 1 aromatic rings. The second kappa shape index (κ2) is 42.8. The molecule has 2 unspecified atom stereocenters. The number of benzene rings is 1.